The van der Waals surface area contributed by atoms with Crippen LogP contribution in [0.25, 0.3) is 22.2 Å². The van der Waals surface area contributed by atoms with Gasteiger partial charge in [0.15, 0.2) is 0 Å². The summed E-state index contributed by atoms with van der Waals surface area (Å²) in [5.41, 5.74) is 4.93. The molecule has 43 heavy (non-hydrogen) atoms. The maximum Gasteiger partial charge on any atom is 0.251 e. The Hall–Kier alpha value is -3.73. The standard InChI is InChI=1S/C31H28Cl2FN5O4/c1-30(29(35)41)14-43-27-20(30)11-23(37-26(27)19-3-2-4-22(34)24(19)33)31(42,17-5-6-17)13-36-28(40)15-9-16-12-39(18-7-8-18)38-25(16)21(32)10-15/h2-4,9-12,17-18,42H,5-8,13-14H2,1H3,(H2,35,41)(H,36,40)/t30-,31+/m0/s1. The van der Waals surface area contributed by atoms with Gasteiger partial charge in [0.1, 0.15) is 40.4 Å². The van der Waals surface area contributed by atoms with Crippen LogP contribution in [0.4, 0.5) is 4.39 Å². The van der Waals surface area contributed by atoms with Gasteiger partial charge in [-0.05, 0) is 62.8 Å². The summed E-state index contributed by atoms with van der Waals surface area (Å²) in [5, 5.41) is 20.5. The van der Waals surface area contributed by atoms with Crippen molar-refractivity contribution in [3.05, 3.63) is 75.3 Å². The minimum absolute atomic E-state index is 0.0537. The number of amides is 2. The first-order valence-corrected chi connectivity index (χ1v) is 14.9. The largest absolute Gasteiger partial charge is 0.489 e. The Labute approximate surface area is 256 Å². The Morgan fingerprint density at radius 2 is 2.00 bits per heavy atom. The number of nitrogens with two attached hydrogens (primary N) is 1. The summed E-state index contributed by atoms with van der Waals surface area (Å²) in [4.78, 5) is 30.7. The number of carbonyl (C=O) groups excluding carboxylic acids is 2. The Bertz CT molecular complexity index is 1840. The van der Waals surface area contributed by atoms with E-state index in [0.29, 0.717) is 40.5 Å². The summed E-state index contributed by atoms with van der Waals surface area (Å²) in [6.45, 7) is 1.41. The van der Waals surface area contributed by atoms with E-state index >= 15 is 0 Å². The number of ether oxygens (including phenoxy) is 1. The third-order valence-electron chi connectivity index (χ3n) is 8.80. The van der Waals surface area contributed by atoms with Crippen LogP contribution in [0.2, 0.25) is 10.0 Å². The molecule has 2 fully saturated rings. The van der Waals surface area contributed by atoms with Gasteiger partial charge in [-0.1, -0.05) is 35.3 Å². The van der Waals surface area contributed by atoms with Crippen molar-refractivity contribution in [2.24, 2.45) is 11.7 Å². The summed E-state index contributed by atoms with van der Waals surface area (Å²) < 4.78 is 22.3. The number of aliphatic hydroxyl groups is 1. The first-order valence-electron chi connectivity index (χ1n) is 14.1. The van der Waals surface area contributed by atoms with Crippen molar-refractivity contribution >= 4 is 45.9 Å². The molecule has 0 radical (unpaired) electrons. The summed E-state index contributed by atoms with van der Waals surface area (Å²) in [6, 6.07) is 9.56. The van der Waals surface area contributed by atoms with Crippen LogP contribution in [0, 0.1) is 11.7 Å². The molecular formula is C31H28Cl2FN5O4. The predicted molar refractivity (Wildman–Crippen MR) is 159 cm³/mol. The third-order valence-corrected chi connectivity index (χ3v) is 9.47. The van der Waals surface area contributed by atoms with Gasteiger partial charge in [-0.25, -0.2) is 9.37 Å². The number of hydrogen-bond donors (Lipinski definition) is 3. The molecule has 12 heteroatoms. The highest BCUT2D eigenvalue weighted by atomic mass is 35.5. The fraction of sp³-hybridized carbons (Fsp3) is 0.355. The highest BCUT2D eigenvalue weighted by Crippen LogP contribution is 2.50. The van der Waals surface area contributed by atoms with E-state index in [4.69, 9.17) is 38.7 Å². The van der Waals surface area contributed by atoms with Gasteiger partial charge in [0.05, 0.1) is 28.3 Å². The van der Waals surface area contributed by atoms with Gasteiger partial charge in [0.2, 0.25) is 5.91 Å². The molecule has 2 aromatic carbocycles. The zero-order chi connectivity index (χ0) is 30.3. The second-order valence-electron chi connectivity index (χ2n) is 11.9. The molecule has 3 aliphatic rings. The quantitative estimate of drug-likeness (QED) is 0.252. The maximum atomic E-state index is 14.5. The topological polar surface area (TPSA) is 132 Å². The van der Waals surface area contributed by atoms with Gasteiger partial charge in [0, 0.05) is 28.3 Å². The predicted octanol–water partition coefficient (Wildman–Crippen LogP) is 5.04. The lowest BCUT2D eigenvalue weighted by atomic mass is 9.81. The van der Waals surface area contributed by atoms with Crippen molar-refractivity contribution in [3.63, 3.8) is 0 Å². The molecule has 4 N–H and O–H groups in total. The highest BCUT2D eigenvalue weighted by Gasteiger charge is 2.50. The van der Waals surface area contributed by atoms with E-state index in [1.807, 2.05) is 10.9 Å². The number of benzene rings is 2. The van der Waals surface area contributed by atoms with E-state index in [-0.39, 0.29) is 46.8 Å². The molecule has 2 aromatic heterocycles. The van der Waals surface area contributed by atoms with Gasteiger partial charge in [-0.3, -0.25) is 14.3 Å². The van der Waals surface area contributed by atoms with Crippen molar-refractivity contribution in [1.29, 1.82) is 0 Å². The fourth-order valence-corrected chi connectivity index (χ4v) is 6.25. The molecule has 222 valence electrons. The smallest absolute Gasteiger partial charge is 0.251 e. The number of pyridine rings is 1. The number of nitrogens with one attached hydrogen (secondary N) is 1. The van der Waals surface area contributed by atoms with Gasteiger partial charge in [-0.15, -0.1) is 0 Å². The third kappa shape index (κ3) is 4.63. The van der Waals surface area contributed by atoms with Gasteiger partial charge in [0.25, 0.3) is 5.91 Å². The van der Waals surface area contributed by atoms with Crippen LogP contribution in [0.5, 0.6) is 5.75 Å². The number of hydrogen-bond acceptors (Lipinski definition) is 6. The number of rotatable bonds is 8. The van der Waals surface area contributed by atoms with E-state index in [1.165, 1.54) is 12.1 Å². The fourth-order valence-electron chi connectivity index (χ4n) is 5.77. The van der Waals surface area contributed by atoms with Crippen molar-refractivity contribution in [2.75, 3.05) is 13.2 Å². The van der Waals surface area contributed by atoms with Crippen molar-refractivity contribution in [3.8, 4) is 17.0 Å². The number of primary amides is 1. The van der Waals surface area contributed by atoms with Crippen LogP contribution in [0.15, 0.2) is 42.6 Å². The molecule has 3 heterocycles. The minimum atomic E-state index is -1.62. The molecule has 2 aliphatic carbocycles. The molecule has 9 nitrogen and oxygen atoms in total. The van der Waals surface area contributed by atoms with Crippen molar-refractivity contribution in [1.82, 2.24) is 20.1 Å². The summed E-state index contributed by atoms with van der Waals surface area (Å²) in [5.74, 6) is -1.69. The van der Waals surface area contributed by atoms with Gasteiger partial charge >= 0.3 is 0 Å². The molecule has 0 saturated heterocycles. The van der Waals surface area contributed by atoms with Crippen LogP contribution < -0.4 is 15.8 Å². The monoisotopic (exact) mass is 623 g/mol. The molecule has 0 unspecified atom stereocenters. The van der Waals surface area contributed by atoms with E-state index in [1.54, 1.807) is 31.2 Å². The first-order chi connectivity index (χ1) is 20.5. The SMILES string of the molecule is C[C@]1(C(N)=O)COc2c1cc([C@@](O)(CNC(=O)c1cc(Cl)c3nn(C4CC4)cc3c1)C1CC1)nc2-c1cccc(F)c1Cl. The van der Waals surface area contributed by atoms with Gasteiger partial charge in [-0.2, -0.15) is 5.10 Å². The normalized spacial score (nSPS) is 20.9. The lowest BCUT2D eigenvalue weighted by molar-refractivity contribution is -0.123. The average molecular weight is 625 g/mol. The zero-order valence-electron chi connectivity index (χ0n) is 23.2. The zero-order valence-corrected chi connectivity index (χ0v) is 24.7. The van der Waals surface area contributed by atoms with Crippen LogP contribution in [0.1, 0.15) is 60.3 Å². The molecule has 0 bridgehead atoms. The summed E-state index contributed by atoms with van der Waals surface area (Å²) in [7, 11) is 0. The van der Waals surface area contributed by atoms with Crippen LogP contribution in [-0.2, 0) is 15.8 Å². The van der Waals surface area contributed by atoms with E-state index < -0.39 is 28.6 Å². The van der Waals surface area contributed by atoms with Crippen molar-refractivity contribution in [2.45, 2.75) is 49.7 Å². The lowest BCUT2D eigenvalue weighted by Crippen LogP contribution is -2.44. The van der Waals surface area contributed by atoms with E-state index in [2.05, 4.69) is 10.4 Å². The van der Waals surface area contributed by atoms with Crippen molar-refractivity contribution < 1.29 is 23.8 Å². The number of fused-ring (bicyclic) bond motifs is 2. The second kappa shape index (κ2) is 9.90. The molecule has 0 spiro atoms. The Morgan fingerprint density at radius 1 is 1.23 bits per heavy atom. The number of carbonyl (C=O) groups is 2. The molecule has 7 rings (SSSR count). The highest BCUT2D eigenvalue weighted by molar-refractivity contribution is 6.35. The van der Waals surface area contributed by atoms with Crippen LogP contribution >= 0.6 is 23.2 Å². The maximum absolute atomic E-state index is 14.5. The van der Waals surface area contributed by atoms with E-state index in [9.17, 15) is 19.1 Å². The minimum Gasteiger partial charge on any atom is -0.489 e. The number of halogens is 3. The Kier molecular flexibility index (Phi) is 6.46. The van der Waals surface area contributed by atoms with Crippen LogP contribution in [0.3, 0.4) is 0 Å². The lowest BCUT2D eigenvalue weighted by Gasteiger charge is -2.30. The number of aromatic nitrogens is 3. The summed E-state index contributed by atoms with van der Waals surface area (Å²) >= 11 is 12.8. The molecule has 2 saturated carbocycles. The molecule has 2 atom stereocenters. The second-order valence-corrected chi connectivity index (χ2v) is 12.7. The molecule has 4 aromatic rings. The average Bonchev–Trinajstić information content (AvgIpc) is 3.93. The molecule has 2 amide bonds. The van der Waals surface area contributed by atoms with Crippen LogP contribution in [-0.4, -0.2) is 44.8 Å². The molecule has 1 aliphatic heterocycles. The summed E-state index contributed by atoms with van der Waals surface area (Å²) in [6.07, 6.45) is 5.41. The molecular weight excluding hydrogens is 596 g/mol. The van der Waals surface area contributed by atoms with Gasteiger partial charge < -0.3 is 20.9 Å². The van der Waals surface area contributed by atoms with E-state index in [0.717, 1.165) is 18.2 Å². The Morgan fingerprint density at radius 3 is 2.70 bits per heavy atom. The first kappa shape index (κ1) is 28.1. The number of nitrogens with zero attached hydrogens (tertiary/aromatic N) is 3. The Balaban J connectivity index is 1.26.